The molecule has 0 aliphatic heterocycles. The molecule has 4 unspecified atom stereocenters. The highest BCUT2D eigenvalue weighted by atomic mass is 16.4. The van der Waals surface area contributed by atoms with Crippen LogP contribution in [0.2, 0.25) is 0 Å². The quantitative estimate of drug-likeness (QED) is 0.808. The highest BCUT2D eigenvalue weighted by Gasteiger charge is 2.63. The second-order valence-corrected chi connectivity index (χ2v) is 6.76. The second-order valence-electron chi connectivity index (χ2n) is 6.76. The summed E-state index contributed by atoms with van der Waals surface area (Å²) in [4.78, 5) is 22.3. The van der Waals surface area contributed by atoms with Crippen molar-refractivity contribution in [3.05, 3.63) is 0 Å². The number of carboxylic acids is 2. The highest BCUT2D eigenvalue weighted by molar-refractivity contribution is 5.78. The molecule has 0 aromatic carbocycles. The van der Waals surface area contributed by atoms with Crippen molar-refractivity contribution in [1.82, 2.24) is 0 Å². The van der Waals surface area contributed by atoms with E-state index in [1.54, 1.807) is 0 Å². The van der Waals surface area contributed by atoms with Crippen LogP contribution in [0.15, 0.2) is 0 Å². The van der Waals surface area contributed by atoms with E-state index in [9.17, 15) is 14.7 Å². The predicted octanol–water partition coefficient (Wildman–Crippen LogP) is 2.62. The molecule has 2 aliphatic carbocycles. The van der Waals surface area contributed by atoms with E-state index in [4.69, 9.17) is 5.11 Å². The summed E-state index contributed by atoms with van der Waals surface area (Å²) in [6.07, 6.45) is 2.80. The zero-order valence-electron chi connectivity index (χ0n) is 11.3. The van der Waals surface area contributed by atoms with Crippen LogP contribution < -0.4 is 0 Å². The van der Waals surface area contributed by atoms with Crippen molar-refractivity contribution in [2.75, 3.05) is 0 Å². The number of carboxylic acid groups (broad SMARTS) is 2. The topological polar surface area (TPSA) is 74.6 Å². The number of hydrogen-bond acceptors (Lipinski definition) is 2. The lowest BCUT2D eigenvalue weighted by atomic mass is 9.63. The minimum atomic E-state index is -1.01. The molecular weight excluding hydrogens is 232 g/mol. The summed E-state index contributed by atoms with van der Waals surface area (Å²) in [5.74, 6) is -2.15. The molecule has 0 saturated heterocycles. The maximum Gasteiger partial charge on any atom is 0.307 e. The molecule has 18 heavy (non-hydrogen) atoms. The summed E-state index contributed by atoms with van der Waals surface area (Å²) in [7, 11) is 0. The van der Waals surface area contributed by atoms with Crippen LogP contribution in [0, 0.1) is 28.6 Å². The van der Waals surface area contributed by atoms with E-state index in [0.717, 1.165) is 19.3 Å². The molecule has 2 bridgehead atoms. The Morgan fingerprint density at radius 3 is 2.22 bits per heavy atom. The molecule has 0 spiro atoms. The van der Waals surface area contributed by atoms with Crippen molar-refractivity contribution >= 4 is 11.9 Å². The molecule has 0 amide bonds. The first kappa shape index (κ1) is 13.4. The molecule has 4 nitrogen and oxygen atoms in total. The Morgan fingerprint density at radius 1 is 1.28 bits per heavy atom. The van der Waals surface area contributed by atoms with Gasteiger partial charge in [-0.15, -0.1) is 0 Å². The Morgan fingerprint density at radius 2 is 1.89 bits per heavy atom. The summed E-state index contributed by atoms with van der Waals surface area (Å²) in [6, 6.07) is 0. The van der Waals surface area contributed by atoms with Crippen LogP contribution in [0.25, 0.3) is 0 Å². The largest absolute Gasteiger partial charge is 0.481 e. The van der Waals surface area contributed by atoms with Gasteiger partial charge >= 0.3 is 11.9 Å². The molecule has 2 aliphatic rings. The monoisotopic (exact) mass is 254 g/mol. The van der Waals surface area contributed by atoms with Crippen LogP contribution in [-0.2, 0) is 9.59 Å². The van der Waals surface area contributed by atoms with Crippen LogP contribution in [0.4, 0.5) is 0 Å². The van der Waals surface area contributed by atoms with E-state index in [1.165, 1.54) is 0 Å². The molecule has 0 radical (unpaired) electrons. The summed E-state index contributed by atoms with van der Waals surface area (Å²) < 4.78 is 0. The summed E-state index contributed by atoms with van der Waals surface area (Å²) >= 11 is 0. The van der Waals surface area contributed by atoms with Gasteiger partial charge in [0.05, 0.1) is 12.3 Å². The summed E-state index contributed by atoms with van der Waals surface area (Å²) in [6.45, 7) is 6.58. The lowest BCUT2D eigenvalue weighted by molar-refractivity contribution is -0.152. The van der Waals surface area contributed by atoms with Crippen molar-refractivity contribution < 1.29 is 19.8 Å². The second kappa shape index (κ2) is 3.97. The van der Waals surface area contributed by atoms with E-state index in [-0.39, 0.29) is 23.2 Å². The van der Waals surface area contributed by atoms with Crippen molar-refractivity contribution in [1.29, 1.82) is 0 Å². The van der Waals surface area contributed by atoms with Gasteiger partial charge in [-0.3, -0.25) is 9.59 Å². The Balaban J connectivity index is 2.29. The van der Waals surface area contributed by atoms with Crippen LogP contribution in [0.3, 0.4) is 0 Å². The molecule has 4 atom stereocenters. The summed E-state index contributed by atoms with van der Waals surface area (Å²) in [5.41, 5.74) is 0.0973. The van der Waals surface area contributed by atoms with Crippen molar-refractivity contribution in [3.8, 4) is 0 Å². The van der Waals surface area contributed by atoms with E-state index in [0.29, 0.717) is 5.92 Å². The maximum absolute atomic E-state index is 11.4. The number of rotatable bonds is 4. The third-order valence-electron chi connectivity index (χ3n) is 6.06. The molecule has 4 heteroatoms. The first-order chi connectivity index (χ1) is 8.20. The maximum atomic E-state index is 11.4. The van der Waals surface area contributed by atoms with Crippen molar-refractivity contribution in [3.63, 3.8) is 0 Å². The molecule has 2 N–H and O–H groups in total. The van der Waals surface area contributed by atoms with Gasteiger partial charge < -0.3 is 10.2 Å². The van der Waals surface area contributed by atoms with Gasteiger partial charge in [-0.2, -0.15) is 0 Å². The van der Waals surface area contributed by atoms with Crippen LogP contribution in [0.5, 0.6) is 0 Å². The van der Waals surface area contributed by atoms with Gasteiger partial charge in [-0.05, 0) is 41.9 Å². The lowest BCUT2D eigenvalue weighted by Gasteiger charge is -2.41. The van der Waals surface area contributed by atoms with E-state index in [1.807, 2.05) is 0 Å². The third kappa shape index (κ3) is 1.65. The van der Waals surface area contributed by atoms with Crippen LogP contribution in [-0.4, -0.2) is 22.2 Å². The van der Waals surface area contributed by atoms with Gasteiger partial charge in [-0.1, -0.05) is 20.8 Å². The first-order valence-corrected chi connectivity index (χ1v) is 6.64. The minimum Gasteiger partial charge on any atom is -0.481 e. The van der Waals surface area contributed by atoms with E-state index < -0.39 is 17.9 Å². The molecule has 102 valence electrons. The van der Waals surface area contributed by atoms with Crippen molar-refractivity contribution in [2.24, 2.45) is 28.6 Å². The molecule has 2 fully saturated rings. The molecule has 2 rings (SSSR count). The van der Waals surface area contributed by atoms with Gasteiger partial charge in [0.15, 0.2) is 0 Å². The number of aliphatic carboxylic acids is 2. The Bertz CT molecular complexity index is 387. The van der Waals surface area contributed by atoms with E-state index in [2.05, 4.69) is 20.8 Å². The molecule has 0 heterocycles. The lowest BCUT2D eigenvalue weighted by Crippen LogP contribution is -2.39. The van der Waals surface area contributed by atoms with Gasteiger partial charge in [0, 0.05) is 0 Å². The average Bonchev–Trinajstić information content (AvgIpc) is 2.57. The fourth-order valence-corrected chi connectivity index (χ4v) is 4.46. The van der Waals surface area contributed by atoms with Crippen LogP contribution in [0.1, 0.15) is 46.5 Å². The number of carbonyl (C=O) groups is 2. The Kier molecular flexibility index (Phi) is 2.95. The summed E-state index contributed by atoms with van der Waals surface area (Å²) in [5, 5.41) is 18.2. The average molecular weight is 254 g/mol. The zero-order valence-corrected chi connectivity index (χ0v) is 11.3. The van der Waals surface area contributed by atoms with Gasteiger partial charge in [-0.25, -0.2) is 0 Å². The molecular formula is C14H22O4. The normalized spacial score (nSPS) is 38.6. The van der Waals surface area contributed by atoms with Crippen molar-refractivity contribution in [2.45, 2.75) is 46.5 Å². The zero-order chi connectivity index (χ0) is 13.7. The molecule has 2 saturated carbocycles. The smallest absolute Gasteiger partial charge is 0.307 e. The van der Waals surface area contributed by atoms with Crippen LogP contribution >= 0.6 is 0 Å². The van der Waals surface area contributed by atoms with Gasteiger partial charge in [0.1, 0.15) is 0 Å². The first-order valence-electron chi connectivity index (χ1n) is 6.64. The van der Waals surface area contributed by atoms with E-state index >= 15 is 0 Å². The predicted molar refractivity (Wildman–Crippen MR) is 66.1 cm³/mol. The standard InChI is InChI=1S/C14H22O4/c1-13(2)8-4-5-14(13,3)10(6-8)9(12(17)18)7-11(15)16/h8-10H,4-7H2,1-3H3,(H,15,16)(H,17,18). The fraction of sp³-hybridized carbons (Fsp3) is 0.857. The SMILES string of the molecule is CC1(C)C2CCC1(C)C(C(CC(=O)O)C(=O)O)C2. The molecule has 0 aromatic rings. The van der Waals surface area contributed by atoms with Gasteiger partial charge in [0.2, 0.25) is 0 Å². The molecule has 0 aromatic heterocycles. The highest BCUT2D eigenvalue weighted by Crippen LogP contribution is 2.69. The fourth-order valence-electron chi connectivity index (χ4n) is 4.46. The third-order valence-corrected chi connectivity index (χ3v) is 6.06. The Labute approximate surface area is 107 Å². The number of fused-ring (bicyclic) bond motifs is 2. The Hall–Kier alpha value is -1.06. The number of hydrogen-bond donors (Lipinski definition) is 2. The van der Waals surface area contributed by atoms with Gasteiger partial charge in [0.25, 0.3) is 0 Å². The minimum absolute atomic E-state index is 0.000139.